The van der Waals surface area contributed by atoms with Crippen molar-refractivity contribution < 1.29 is 24.5 Å². The van der Waals surface area contributed by atoms with Crippen LogP contribution in [0.1, 0.15) is 56.2 Å². The summed E-state index contributed by atoms with van der Waals surface area (Å²) in [5.41, 5.74) is 17.0. The van der Waals surface area contributed by atoms with Crippen molar-refractivity contribution in [2.75, 3.05) is 0 Å². The molecular formula is C58H51GeIrN3O-2. The second kappa shape index (κ2) is 18.0. The monoisotopic (exact) mass is 1070 g/mol. The SMILES string of the molecule is CC(C)c1cc(-c2ccc3[c](c2)[Ge]([CH3])([CH3])[CH2]C3)cc(C(C)C)c1-n1c(-c2[c-]ccc3c2oc2cc(-c4ccccc4)ccc23)nc2ccccc21.[Ir].[c-]1ccccc1-c1ccccn1. The number of hydrogen-bond acceptors (Lipinski definition) is 3. The number of furan rings is 1. The molecule has 4 heterocycles. The molecule has 319 valence electrons. The molecule has 1 aliphatic heterocycles. The quantitative estimate of drug-likeness (QED) is 0.118. The Morgan fingerprint density at radius 1 is 0.641 bits per heavy atom. The normalized spacial score (nSPS) is 13.0. The third kappa shape index (κ3) is 8.11. The minimum atomic E-state index is -1.97. The summed E-state index contributed by atoms with van der Waals surface area (Å²) in [6.45, 7) is 9.29. The molecule has 1 aliphatic rings. The van der Waals surface area contributed by atoms with Crippen molar-refractivity contribution in [2.45, 2.75) is 62.7 Å². The van der Waals surface area contributed by atoms with Crippen LogP contribution >= 0.6 is 0 Å². The second-order valence-electron chi connectivity index (χ2n) is 18.1. The molecule has 1 radical (unpaired) electrons. The number of rotatable bonds is 7. The third-order valence-corrected chi connectivity index (χ3v) is 20.0. The fraction of sp³-hybridized carbons (Fsp3) is 0.172. The Labute approximate surface area is 393 Å². The molecule has 0 N–H and O–H groups in total. The summed E-state index contributed by atoms with van der Waals surface area (Å²) in [5, 5.41) is 3.57. The smallest absolute Gasteiger partial charge is 0.0160 e. The Morgan fingerprint density at radius 2 is 1.36 bits per heavy atom. The fourth-order valence-electron chi connectivity index (χ4n) is 9.38. The van der Waals surface area contributed by atoms with Gasteiger partial charge in [-0.3, -0.25) is 0 Å². The molecule has 0 bridgehead atoms. The van der Waals surface area contributed by atoms with Crippen molar-refractivity contribution in [2.24, 2.45) is 0 Å². The van der Waals surface area contributed by atoms with Crippen molar-refractivity contribution in [3.63, 3.8) is 0 Å². The van der Waals surface area contributed by atoms with E-state index in [4.69, 9.17) is 9.40 Å². The van der Waals surface area contributed by atoms with Gasteiger partial charge in [-0.1, -0.05) is 54.6 Å². The van der Waals surface area contributed by atoms with Gasteiger partial charge in [-0.15, -0.1) is 42.0 Å². The van der Waals surface area contributed by atoms with Crippen molar-refractivity contribution in [1.29, 1.82) is 0 Å². The van der Waals surface area contributed by atoms with Crippen LogP contribution in [0.5, 0.6) is 0 Å². The maximum Gasteiger partial charge on any atom is 0.0160 e. The maximum absolute atomic E-state index is 6.79. The number of para-hydroxylation sites is 2. The molecule has 6 heteroatoms. The van der Waals surface area contributed by atoms with Gasteiger partial charge in [-0.25, -0.2) is 0 Å². The summed E-state index contributed by atoms with van der Waals surface area (Å²) in [6, 6.07) is 62.3. The van der Waals surface area contributed by atoms with Gasteiger partial charge in [0.25, 0.3) is 0 Å². The molecule has 0 amide bonds. The minimum absolute atomic E-state index is 0. The van der Waals surface area contributed by atoms with Crippen LogP contribution in [0.4, 0.5) is 0 Å². The molecule has 11 rings (SSSR count). The topological polar surface area (TPSA) is 43.9 Å². The Balaban J connectivity index is 0.000000345. The first-order valence-electron chi connectivity index (χ1n) is 22.2. The zero-order valence-corrected chi connectivity index (χ0v) is 41.7. The number of pyridine rings is 1. The van der Waals surface area contributed by atoms with Crippen LogP contribution in [0, 0.1) is 12.1 Å². The molecular weight excluding hydrogens is 1020 g/mol. The van der Waals surface area contributed by atoms with Gasteiger partial charge in [0.2, 0.25) is 0 Å². The van der Waals surface area contributed by atoms with Gasteiger partial charge < -0.3 is 4.98 Å². The summed E-state index contributed by atoms with van der Waals surface area (Å²) in [6.07, 6.45) is 3.03. The zero-order chi connectivity index (χ0) is 43.2. The predicted molar refractivity (Wildman–Crippen MR) is 266 cm³/mol. The maximum atomic E-state index is 6.79. The fourth-order valence-corrected chi connectivity index (χ4v) is 15.2. The molecule has 0 atom stereocenters. The van der Waals surface area contributed by atoms with Crippen LogP contribution in [-0.4, -0.2) is 27.8 Å². The van der Waals surface area contributed by atoms with E-state index in [9.17, 15) is 0 Å². The van der Waals surface area contributed by atoms with Crippen LogP contribution in [0.2, 0.25) is 16.8 Å². The Kier molecular flexibility index (Phi) is 12.2. The van der Waals surface area contributed by atoms with E-state index in [1.807, 2.05) is 48.5 Å². The third-order valence-electron chi connectivity index (χ3n) is 12.8. The summed E-state index contributed by atoms with van der Waals surface area (Å²) in [4.78, 5) is 9.58. The molecule has 3 aromatic heterocycles. The van der Waals surface area contributed by atoms with Crippen LogP contribution < -0.4 is 4.40 Å². The van der Waals surface area contributed by atoms with Crippen LogP contribution in [0.15, 0.2) is 168 Å². The van der Waals surface area contributed by atoms with Gasteiger partial charge in [-0.05, 0) is 29.0 Å². The van der Waals surface area contributed by atoms with Gasteiger partial charge in [-0.2, -0.15) is 0 Å². The van der Waals surface area contributed by atoms with Gasteiger partial charge in [0.1, 0.15) is 5.58 Å². The number of aromatic nitrogens is 3. The van der Waals surface area contributed by atoms with E-state index in [1.54, 1.807) is 16.2 Å². The first-order chi connectivity index (χ1) is 30.6. The average Bonchev–Trinajstić information content (AvgIpc) is 3.99. The summed E-state index contributed by atoms with van der Waals surface area (Å²) >= 11 is -1.97. The molecule has 7 aromatic carbocycles. The van der Waals surface area contributed by atoms with Crippen LogP contribution in [0.25, 0.3) is 83.6 Å². The van der Waals surface area contributed by atoms with Gasteiger partial charge in [0.05, 0.1) is 0 Å². The molecule has 0 aliphatic carbocycles. The number of aryl methyl sites for hydroxylation is 1. The molecule has 0 saturated heterocycles. The average molecular weight is 1070 g/mol. The minimum Gasteiger partial charge on any atom is -0.305 e. The second-order valence-corrected chi connectivity index (χ2v) is 28.2. The summed E-state index contributed by atoms with van der Waals surface area (Å²) < 4.78 is 10.9. The van der Waals surface area contributed by atoms with E-state index in [-0.39, 0.29) is 31.9 Å². The zero-order valence-electron chi connectivity index (χ0n) is 37.2. The van der Waals surface area contributed by atoms with E-state index in [0.29, 0.717) is 0 Å². The number of imidazole rings is 1. The van der Waals surface area contributed by atoms with Gasteiger partial charge in [0.15, 0.2) is 0 Å². The van der Waals surface area contributed by atoms with Gasteiger partial charge in [0, 0.05) is 31.7 Å². The van der Waals surface area contributed by atoms with Crippen molar-refractivity contribution in [3.8, 4) is 50.6 Å². The molecule has 10 aromatic rings. The number of fused-ring (bicyclic) bond motifs is 5. The van der Waals surface area contributed by atoms with E-state index < -0.39 is 13.3 Å². The molecule has 4 nitrogen and oxygen atoms in total. The Hall–Kier alpha value is -5.85. The molecule has 0 saturated carbocycles. The standard InChI is InChI=1S/C47H43GeN2O.C11H8N.Ir/c1-29(2)39-25-35(33-20-19-32-23-24-48(5,6)41(32)27-33)26-40(30(3)4)45(39)50-43-18-11-10-17-42(43)49-47(50)38-16-12-15-37-36-22-21-34(28-44(36)51-46(37)38)31-13-8-7-9-14-31;1-2-6-10(7-3-1)11-8-4-5-9-12-11;/h7-15,17-22,25-30H,23-24H2,1-6H3;1-6,8-9H;/q2*-1;. The Morgan fingerprint density at radius 3 is 2.09 bits per heavy atom. The van der Waals surface area contributed by atoms with E-state index in [1.165, 1.54) is 45.2 Å². The number of nitrogens with zero attached hydrogens (tertiary/aromatic N) is 3. The first-order valence-corrected chi connectivity index (χ1v) is 29.0. The summed E-state index contributed by atoms with van der Waals surface area (Å²) in [5.74, 6) is 6.58. The number of hydrogen-bond donors (Lipinski definition) is 0. The first kappa shape index (κ1) is 43.4. The summed E-state index contributed by atoms with van der Waals surface area (Å²) in [7, 11) is 0. The molecule has 0 unspecified atom stereocenters. The van der Waals surface area contributed by atoms with Crippen LogP contribution in [-0.2, 0) is 26.5 Å². The van der Waals surface area contributed by atoms with Gasteiger partial charge >= 0.3 is 228 Å². The van der Waals surface area contributed by atoms with Crippen LogP contribution in [0.3, 0.4) is 0 Å². The van der Waals surface area contributed by atoms with E-state index >= 15 is 0 Å². The van der Waals surface area contributed by atoms with Crippen molar-refractivity contribution in [3.05, 3.63) is 193 Å². The predicted octanol–water partition coefficient (Wildman–Crippen LogP) is 15.0. The molecule has 64 heavy (non-hydrogen) atoms. The largest absolute Gasteiger partial charge is 0.305 e. The van der Waals surface area contributed by atoms with Crippen molar-refractivity contribution >= 4 is 50.6 Å². The molecule has 0 spiro atoms. The van der Waals surface area contributed by atoms with E-state index in [2.05, 4.69) is 170 Å². The van der Waals surface area contributed by atoms with E-state index in [0.717, 1.165) is 61.2 Å². The molecule has 0 fully saturated rings. The van der Waals surface area contributed by atoms with Crippen molar-refractivity contribution in [1.82, 2.24) is 14.5 Å². The number of benzene rings is 7. The Bertz CT molecular complexity index is 3190.